The van der Waals surface area contributed by atoms with Crippen molar-refractivity contribution in [2.45, 2.75) is 77.6 Å². The van der Waals surface area contributed by atoms with Crippen molar-refractivity contribution in [3.05, 3.63) is 290 Å². The molecule has 24 heteroatoms. The second kappa shape index (κ2) is 29.3. The molecular formula is C75H70N7O14PS2. The van der Waals surface area contributed by atoms with Crippen LogP contribution in [0.4, 0.5) is 5.82 Å². The Morgan fingerprint density at radius 2 is 1.06 bits per heavy atom. The molecule has 506 valence electrons. The monoisotopic (exact) mass is 1390 g/mol. The number of aryl methyl sites for hydroxylation is 1. The number of carbonyl (C=O) groups is 1. The van der Waals surface area contributed by atoms with Gasteiger partial charge in [0.05, 0.1) is 48.0 Å². The summed E-state index contributed by atoms with van der Waals surface area (Å²) in [6, 6.07) is 63.6. The average Bonchev–Trinajstić information content (AvgIpc) is 1.67. The van der Waals surface area contributed by atoms with E-state index in [4.69, 9.17) is 61.9 Å². The van der Waals surface area contributed by atoms with Crippen molar-refractivity contribution in [2.24, 2.45) is 0 Å². The number of fused-ring (bicyclic) bond motifs is 1. The molecule has 1 unspecified atom stereocenters. The van der Waals surface area contributed by atoms with Gasteiger partial charge in [0.1, 0.15) is 83.1 Å². The fourth-order valence-electron chi connectivity index (χ4n) is 12.8. The number of aromatic amines is 1. The van der Waals surface area contributed by atoms with Crippen molar-refractivity contribution < 1.29 is 56.3 Å². The van der Waals surface area contributed by atoms with Crippen molar-refractivity contribution in [3.8, 4) is 28.7 Å². The van der Waals surface area contributed by atoms with Crippen LogP contribution in [0.3, 0.4) is 0 Å². The fourth-order valence-corrected chi connectivity index (χ4v) is 15.1. The maximum Gasteiger partial charge on any atom is 0.402 e. The summed E-state index contributed by atoms with van der Waals surface area (Å²) in [5, 5.41) is 3.86. The van der Waals surface area contributed by atoms with Crippen LogP contribution in [-0.4, -0.2) is 101 Å². The smallest absolute Gasteiger partial charge is 0.402 e. The lowest BCUT2D eigenvalue weighted by Crippen LogP contribution is -2.38. The maximum absolute atomic E-state index is 16.4. The van der Waals surface area contributed by atoms with Gasteiger partial charge < -0.3 is 47.7 Å². The van der Waals surface area contributed by atoms with E-state index < -0.39 is 79.0 Å². The molecule has 3 aromatic heterocycles. The second-order valence-electron chi connectivity index (χ2n) is 23.7. The summed E-state index contributed by atoms with van der Waals surface area (Å²) in [7, 11) is 1.31. The van der Waals surface area contributed by atoms with Crippen LogP contribution in [0.2, 0.25) is 0 Å². The third kappa shape index (κ3) is 13.6. The Labute approximate surface area is 581 Å². The molecule has 0 spiro atoms. The number of para-hydroxylation sites is 1. The molecule has 7 atom stereocenters. The number of hydrogen-bond donors (Lipinski definition) is 4. The summed E-state index contributed by atoms with van der Waals surface area (Å²) in [5.41, 5.74) is 0.936. The molecular weight excluding hydrogens is 1320 g/mol. The lowest BCUT2D eigenvalue weighted by atomic mass is 9.77. The number of nitrogens with zero attached hydrogens (tertiary/aromatic N) is 5. The van der Waals surface area contributed by atoms with Crippen LogP contribution >= 0.6 is 32.9 Å². The van der Waals surface area contributed by atoms with Crippen molar-refractivity contribution in [3.63, 3.8) is 0 Å². The first-order chi connectivity index (χ1) is 48.1. The molecule has 5 heterocycles. The summed E-state index contributed by atoms with van der Waals surface area (Å²) in [4.78, 5) is 59.5. The summed E-state index contributed by atoms with van der Waals surface area (Å²) in [6.45, 7) is 0.715. The lowest BCUT2D eigenvalue weighted by molar-refractivity contribution is -0.0918. The van der Waals surface area contributed by atoms with Crippen LogP contribution in [0.15, 0.2) is 244 Å². The Morgan fingerprint density at radius 1 is 0.586 bits per heavy atom. The SMILES string of the molecule is COc1ccc(C(Nc2ncnc3c2ncn3[C@H]2C[C@H](OP(=O)(OC[C@H]3O[C@@H](n4cc(C)c(=O)[nH]c4=O)C[C@@H]3Oc3c(S)cccc3S)C(=O)c3ccccc3)[C@@H](COC(c3ccccc3)(c3ccc(OC)cc3)c3ccc(OC)cc3)O2)(c2ccccc2)c2ccc(OC)cc2)cc1. The highest BCUT2D eigenvalue weighted by Gasteiger charge is 2.50. The molecule has 8 aromatic carbocycles. The van der Waals surface area contributed by atoms with E-state index in [2.05, 4.69) is 35.6 Å². The van der Waals surface area contributed by atoms with Crippen molar-refractivity contribution >= 4 is 55.4 Å². The molecule has 0 radical (unpaired) electrons. The largest absolute Gasteiger partial charge is 0.497 e. The highest BCUT2D eigenvalue weighted by atomic mass is 32.1. The first kappa shape index (κ1) is 67.7. The molecule has 2 fully saturated rings. The molecule has 0 bridgehead atoms. The van der Waals surface area contributed by atoms with Gasteiger partial charge in [-0.1, -0.05) is 146 Å². The van der Waals surface area contributed by atoms with Gasteiger partial charge in [-0.2, -0.15) is 0 Å². The van der Waals surface area contributed by atoms with E-state index >= 15 is 9.36 Å². The zero-order valence-electron chi connectivity index (χ0n) is 54.4. The molecule has 11 aromatic rings. The molecule has 0 aliphatic carbocycles. The Bertz CT molecular complexity index is 4690. The third-order valence-electron chi connectivity index (χ3n) is 17.9. The number of anilines is 1. The van der Waals surface area contributed by atoms with E-state index in [0.717, 1.165) is 22.3 Å². The Balaban J connectivity index is 0.918. The number of H-pyrrole nitrogens is 1. The number of aromatic nitrogens is 6. The number of rotatable bonds is 26. The standard InChI is InChI=1S/C75H70N7O14PS2/c1-47-42-81(73(85)79-71(47)83)65-40-59(95-68-63(98)22-15-23-64(68)99)62(94-65)44-92-97(86,72(84)48-16-9-6-10-17-48)96-60-41-66(93-61(60)43-91-75(52-20-13-8-14-21-52,53-28-36-57(89-4)37-29-53)54-30-38-58(90-5)39-31-54)82-46-78-67-69(76-45-77-70(67)82)80-74(49-18-11-7-12-19-49,50-24-32-55(87-2)33-25-50)51-26-34-56(88-3)35-27-51/h6-39,42,45-46,59-62,65-66,98-99H,40-41,43-44H2,1-5H3,(H,76,77,80)(H,79,83,85)/t59-,60-,61+,62+,65+,66+,97?/m0/s1. The van der Waals surface area contributed by atoms with Crippen LogP contribution in [-0.2, 0) is 39.0 Å². The maximum atomic E-state index is 16.4. The van der Waals surface area contributed by atoms with Gasteiger partial charge in [-0.15, -0.1) is 25.3 Å². The number of nitrogens with one attached hydrogen (secondary N) is 2. The molecule has 2 aliphatic heterocycles. The minimum atomic E-state index is -5.11. The number of hydrogen-bond acceptors (Lipinski definition) is 20. The fraction of sp³-hybridized carbons (Fsp3) is 0.227. The van der Waals surface area contributed by atoms with Crippen LogP contribution in [0.5, 0.6) is 28.7 Å². The first-order valence-electron chi connectivity index (χ1n) is 31.8. The van der Waals surface area contributed by atoms with Crippen molar-refractivity contribution in [1.29, 1.82) is 0 Å². The minimum absolute atomic E-state index is 0.0194. The van der Waals surface area contributed by atoms with Gasteiger partial charge in [0, 0.05) is 40.0 Å². The molecule has 2 aliphatic rings. The van der Waals surface area contributed by atoms with Gasteiger partial charge in [-0.05, 0) is 101 Å². The summed E-state index contributed by atoms with van der Waals surface area (Å²) in [5.74, 6) is 3.21. The summed E-state index contributed by atoms with van der Waals surface area (Å²) >= 11 is 9.35. The van der Waals surface area contributed by atoms with Gasteiger partial charge in [0.25, 0.3) is 11.1 Å². The van der Waals surface area contributed by atoms with Crippen LogP contribution in [0, 0.1) is 6.92 Å². The Morgan fingerprint density at radius 3 is 1.61 bits per heavy atom. The Hall–Kier alpha value is -9.81. The molecule has 21 nitrogen and oxygen atoms in total. The van der Waals surface area contributed by atoms with Crippen LogP contribution in [0.1, 0.15) is 74.6 Å². The van der Waals surface area contributed by atoms with E-state index in [1.54, 1.807) is 82.7 Å². The number of methoxy groups -OCH3 is 4. The molecule has 13 rings (SSSR count). The number of carbonyl (C=O) groups excluding carboxylic acids is 1. The molecule has 0 amide bonds. The van der Waals surface area contributed by atoms with E-state index in [0.29, 0.717) is 66.6 Å². The highest BCUT2D eigenvalue weighted by molar-refractivity contribution is 7.81. The van der Waals surface area contributed by atoms with Gasteiger partial charge in [0.15, 0.2) is 17.0 Å². The zero-order valence-corrected chi connectivity index (χ0v) is 57.1. The van der Waals surface area contributed by atoms with Gasteiger partial charge in [-0.25, -0.2) is 19.7 Å². The van der Waals surface area contributed by atoms with Gasteiger partial charge in [-0.3, -0.25) is 32.8 Å². The molecule has 2 saturated heterocycles. The van der Waals surface area contributed by atoms with Crippen LogP contribution in [0.25, 0.3) is 11.2 Å². The molecule has 2 N–H and O–H groups in total. The Kier molecular flexibility index (Phi) is 20.1. The predicted molar refractivity (Wildman–Crippen MR) is 377 cm³/mol. The number of imidazole rings is 1. The second-order valence-corrected chi connectivity index (χ2v) is 26.5. The van der Waals surface area contributed by atoms with Crippen LogP contribution < -0.4 is 40.3 Å². The topological polar surface area (TPSA) is 237 Å². The first-order valence-corrected chi connectivity index (χ1v) is 34.2. The summed E-state index contributed by atoms with van der Waals surface area (Å²) < 4.78 is 83.4. The highest BCUT2D eigenvalue weighted by Crippen LogP contribution is 2.56. The van der Waals surface area contributed by atoms with Crippen molar-refractivity contribution in [2.75, 3.05) is 47.0 Å². The minimum Gasteiger partial charge on any atom is -0.497 e. The molecule has 99 heavy (non-hydrogen) atoms. The normalized spacial score (nSPS) is 18.3. The van der Waals surface area contributed by atoms with E-state index in [1.165, 1.54) is 29.2 Å². The zero-order chi connectivity index (χ0) is 68.8. The number of thiol groups is 2. The molecule has 0 saturated carbocycles. The van der Waals surface area contributed by atoms with E-state index in [-0.39, 0.29) is 30.6 Å². The van der Waals surface area contributed by atoms with Gasteiger partial charge in [0.2, 0.25) is 0 Å². The predicted octanol–water partition coefficient (Wildman–Crippen LogP) is 13.2. The third-order valence-corrected chi connectivity index (χ3v) is 20.4. The average molecular weight is 1390 g/mol. The number of benzene rings is 8. The van der Waals surface area contributed by atoms with E-state index in [9.17, 15) is 9.59 Å². The number of ether oxygens (including phenoxy) is 8. The quantitative estimate of drug-likeness (QED) is 0.0224. The lowest BCUT2D eigenvalue weighted by Gasteiger charge is -2.37. The van der Waals surface area contributed by atoms with Gasteiger partial charge >= 0.3 is 13.3 Å². The van der Waals surface area contributed by atoms with Crippen molar-refractivity contribution in [1.82, 2.24) is 29.1 Å². The van der Waals surface area contributed by atoms with E-state index in [1.807, 2.05) is 158 Å². The summed E-state index contributed by atoms with van der Waals surface area (Å²) in [6.07, 6.45) is -2.18.